The number of H-pyrrole nitrogens is 1. The average Bonchev–Trinajstić information content (AvgIpc) is 2.79. The first-order valence-corrected chi connectivity index (χ1v) is 7.09. The van der Waals surface area contributed by atoms with Gasteiger partial charge in [0.25, 0.3) is 0 Å². The highest BCUT2D eigenvalue weighted by atomic mass is 16.5. The number of nitrogens with one attached hydrogen (secondary N) is 1. The highest BCUT2D eigenvalue weighted by Gasteiger charge is 2.04. The second-order valence-corrected chi connectivity index (χ2v) is 5.11. The molecule has 3 aromatic rings. The molecule has 0 aliphatic rings. The first-order valence-electron chi connectivity index (χ1n) is 7.09. The van der Waals surface area contributed by atoms with Gasteiger partial charge in [-0.3, -0.25) is 4.57 Å². The molecule has 1 heterocycles. The van der Waals surface area contributed by atoms with Crippen molar-refractivity contribution >= 4 is 11.0 Å². The van der Waals surface area contributed by atoms with Crippen LogP contribution in [0.15, 0.2) is 53.3 Å². The minimum absolute atomic E-state index is 0.105. The highest BCUT2D eigenvalue weighted by Crippen LogP contribution is 2.18. The van der Waals surface area contributed by atoms with E-state index >= 15 is 0 Å². The quantitative estimate of drug-likeness (QED) is 0.731. The van der Waals surface area contributed by atoms with Crippen molar-refractivity contribution in [2.45, 2.75) is 12.8 Å². The van der Waals surface area contributed by atoms with Gasteiger partial charge in [-0.2, -0.15) is 0 Å². The lowest BCUT2D eigenvalue weighted by molar-refractivity contribution is 0.311. The summed E-state index contributed by atoms with van der Waals surface area (Å²) in [6, 6.07) is 16.1. The Kier molecular flexibility index (Phi) is 3.77. The minimum atomic E-state index is -0.105. The summed E-state index contributed by atoms with van der Waals surface area (Å²) in [4.78, 5) is 14.3. The van der Waals surface area contributed by atoms with E-state index in [9.17, 15) is 4.79 Å². The van der Waals surface area contributed by atoms with Gasteiger partial charge < -0.3 is 9.72 Å². The van der Waals surface area contributed by atoms with Crippen molar-refractivity contribution in [3.63, 3.8) is 0 Å². The zero-order valence-corrected chi connectivity index (χ0v) is 12.0. The predicted octanol–water partition coefficient (Wildman–Crippen LogP) is 2.88. The van der Waals surface area contributed by atoms with Crippen LogP contribution < -0.4 is 10.4 Å². The molecule has 0 saturated heterocycles. The summed E-state index contributed by atoms with van der Waals surface area (Å²) < 4.78 is 7.35. The second kappa shape index (κ2) is 5.87. The molecular formula is C17H18N2O2. The summed E-state index contributed by atoms with van der Waals surface area (Å²) in [5, 5.41) is 0. The number of hydrogen-bond acceptors (Lipinski definition) is 2. The molecule has 1 aromatic heterocycles. The van der Waals surface area contributed by atoms with Crippen molar-refractivity contribution in [1.82, 2.24) is 9.55 Å². The van der Waals surface area contributed by atoms with Crippen LogP contribution in [0, 0.1) is 0 Å². The number of imidazole rings is 1. The number of ether oxygens (including phenoxy) is 1. The predicted molar refractivity (Wildman–Crippen MR) is 83.8 cm³/mol. The molecule has 0 atom stereocenters. The number of rotatable bonds is 5. The van der Waals surface area contributed by atoms with Gasteiger partial charge in [0, 0.05) is 13.1 Å². The van der Waals surface area contributed by atoms with Crippen LogP contribution in [0.4, 0.5) is 0 Å². The molecule has 2 aromatic carbocycles. The second-order valence-electron chi connectivity index (χ2n) is 5.11. The summed E-state index contributed by atoms with van der Waals surface area (Å²) in [5.74, 6) is 0.789. The van der Waals surface area contributed by atoms with E-state index in [1.807, 2.05) is 24.3 Å². The van der Waals surface area contributed by atoms with Gasteiger partial charge >= 0.3 is 5.69 Å². The summed E-state index contributed by atoms with van der Waals surface area (Å²) >= 11 is 0. The number of hydrogen-bond donors (Lipinski definition) is 1. The first kappa shape index (κ1) is 13.5. The molecule has 0 radical (unpaired) electrons. The highest BCUT2D eigenvalue weighted by molar-refractivity contribution is 5.76. The zero-order valence-electron chi connectivity index (χ0n) is 12.0. The molecule has 0 saturated carbocycles. The third-order valence-corrected chi connectivity index (χ3v) is 3.60. The molecule has 0 spiro atoms. The van der Waals surface area contributed by atoms with Gasteiger partial charge in [-0.05, 0) is 30.5 Å². The van der Waals surface area contributed by atoms with Crippen molar-refractivity contribution in [2.24, 2.45) is 7.05 Å². The summed E-state index contributed by atoms with van der Waals surface area (Å²) in [6.07, 6.45) is 1.97. The van der Waals surface area contributed by atoms with Crippen LogP contribution in [-0.4, -0.2) is 16.2 Å². The van der Waals surface area contributed by atoms with Gasteiger partial charge in [-0.15, -0.1) is 0 Å². The molecule has 0 amide bonds. The van der Waals surface area contributed by atoms with Gasteiger partial charge in [0.15, 0.2) is 0 Å². The van der Waals surface area contributed by atoms with Crippen molar-refractivity contribution in [2.75, 3.05) is 6.61 Å². The molecular weight excluding hydrogens is 264 g/mol. The Labute approximate surface area is 123 Å². The van der Waals surface area contributed by atoms with Crippen molar-refractivity contribution < 1.29 is 4.74 Å². The van der Waals surface area contributed by atoms with E-state index in [0.717, 1.165) is 29.6 Å². The van der Waals surface area contributed by atoms with E-state index in [4.69, 9.17) is 4.74 Å². The van der Waals surface area contributed by atoms with Crippen LogP contribution >= 0.6 is 0 Å². The van der Waals surface area contributed by atoms with Crippen LogP contribution in [0.25, 0.3) is 11.0 Å². The van der Waals surface area contributed by atoms with Gasteiger partial charge in [-0.1, -0.05) is 30.3 Å². The molecule has 0 fully saturated rings. The molecule has 0 aliphatic carbocycles. The fourth-order valence-electron chi connectivity index (χ4n) is 2.42. The summed E-state index contributed by atoms with van der Waals surface area (Å²) in [5.41, 5.74) is 2.91. The van der Waals surface area contributed by atoms with Crippen LogP contribution in [0.3, 0.4) is 0 Å². The molecule has 4 nitrogen and oxygen atoms in total. The fraction of sp³-hybridized carbons (Fsp3) is 0.235. The lowest BCUT2D eigenvalue weighted by atomic mass is 10.1. The number of aromatic nitrogens is 2. The lowest BCUT2D eigenvalue weighted by Crippen LogP contribution is -2.11. The Hall–Kier alpha value is -2.49. The minimum Gasteiger partial charge on any atom is -0.494 e. The van der Waals surface area contributed by atoms with E-state index in [-0.39, 0.29) is 5.69 Å². The molecule has 4 heteroatoms. The molecule has 0 aliphatic heterocycles. The SMILES string of the molecule is Cn1c(=O)[nH]c2cc(OCCCc3ccccc3)ccc21. The monoisotopic (exact) mass is 282 g/mol. The molecule has 0 unspecified atom stereocenters. The van der Waals surface area contributed by atoms with E-state index in [2.05, 4.69) is 29.2 Å². The van der Waals surface area contributed by atoms with Gasteiger partial charge in [0.05, 0.1) is 17.6 Å². The maximum atomic E-state index is 11.5. The maximum Gasteiger partial charge on any atom is 0.326 e. The Balaban J connectivity index is 1.59. The molecule has 108 valence electrons. The third kappa shape index (κ3) is 2.99. The third-order valence-electron chi connectivity index (χ3n) is 3.60. The molecule has 0 bridgehead atoms. The Morgan fingerprint density at radius 2 is 1.95 bits per heavy atom. The molecule has 21 heavy (non-hydrogen) atoms. The van der Waals surface area contributed by atoms with Gasteiger partial charge in [0.2, 0.25) is 0 Å². The fourth-order valence-corrected chi connectivity index (χ4v) is 2.42. The van der Waals surface area contributed by atoms with Crippen LogP contribution in [-0.2, 0) is 13.5 Å². The number of aromatic amines is 1. The number of nitrogens with zero attached hydrogens (tertiary/aromatic N) is 1. The van der Waals surface area contributed by atoms with E-state index in [1.165, 1.54) is 5.56 Å². The number of aryl methyl sites for hydroxylation is 2. The average molecular weight is 282 g/mol. The zero-order chi connectivity index (χ0) is 14.7. The number of benzene rings is 2. The van der Waals surface area contributed by atoms with E-state index in [0.29, 0.717) is 6.61 Å². The number of fused-ring (bicyclic) bond motifs is 1. The van der Waals surface area contributed by atoms with Gasteiger partial charge in [0.1, 0.15) is 5.75 Å². The first-order chi connectivity index (χ1) is 10.2. The lowest BCUT2D eigenvalue weighted by Gasteiger charge is -2.06. The van der Waals surface area contributed by atoms with Crippen molar-refractivity contribution in [1.29, 1.82) is 0 Å². The van der Waals surface area contributed by atoms with Crippen LogP contribution in [0.2, 0.25) is 0 Å². The smallest absolute Gasteiger partial charge is 0.326 e. The Morgan fingerprint density at radius 1 is 1.14 bits per heavy atom. The van der Waals surface area contributed by atoms with Crippen LogP contribution in [0.5, 0.6) is 5.75 Å². The largest absolute Gasteiger partial charge is 0.494 e. The van der Waals surface area contributed by atoms with E-state index in [1.54, 1.807) is 11.6 Å². The van der Waals surface area contributed by atoms with E-state index < -0.39 is 0 Å². The molecule has 3 rings (SSSR count). The Bertz CT molecular complexity index is 787. The normalized spacial score (nSPS) is 10.9. The standard InChI is InChI=1S/C17H18N2O2/c1-19-16-10-9-14(12-15(16)18-17(19)20)21-11-5-8-13-6-3-2-4-7-13/h2-4,6-7,9-10,12H,5,8,11H2,1H3,(H,18,20). The van der Waals surface area contributed by atoms with Crippen molar-refractivity contribution in [3.8, 4) is 5.75 Å². The topological polar surface area (TPSA) is 47.0 Å². The Morgan fingerprint density at radius 3 is 2.76 bits per heavy atom. The van der Waals surface area contributed by atoms with Gasteiger partial charge in [-0.25, -0.2) is 4.79 Å². The summed E-state index contributed by atoms with van der Waals surface area (Å²) in [6.45, 7) is 0.664. The summed E-state index contributed by atoms with van der Waals surface area (Å²) in [7, 11) is 1.75. The van der Waals surface area contributed by atoms with Crippen molar-refractivity contribution in [3.05, 3.63) is 64.6 Å². The molecule has 1 N–H and O–H groups in total. The van der Waals surface area contributed by atoms with Crippen LogP contribution in [0.1, 0.15) is 12.0 Å². The maximum absolute atomic E-state index is 11.5.